The van der Waals surface area contributed by atoms with E-state index in [0.717, 1.165) is 16.7 Å². The zero-order valence-electron chi connectivity index (χ0n) is 7.09. The van der Waals surface area contributed by atoms with Gasteiger partial charge in [0.15, 0.2) is 0 Å². The molecule has 0 atom stereocenters. The van der Waals surface area contributed by atoms with Crippen molar-refractivity contribution in [3.63, 3.8) is 0 Å². The number of hydrogen-bond donors (Lipinski definition) is 1. The molecule has 62 valence electrons. The van der Waals surface area contributed by atoms with Crippen molar-refractivity contribution in [1.29, 1.82) is 0 Å². The summed E-state index contributed by atoms with van der Waals surface area (Å²) in [6.07, 6.45) is 0. The molecule has 3 nitrogen and oxygen atoms in total. The Kier molecular flexibility index (Phi) is 1.50. The highest BCUT2D eigenvalue weighted by molar-refractivity contribution is 5.76. The number of hydrogen-bond acceptors (Lipinski definition) is 2. The summed E-state index contributed by atoms with van der Waals surface area (Å²) < 4.78 is 5.01. The van der Waals surface area contributed by atoms with Crippen LogP contribution in [-0.4, -0.2) is 17.1 Å². The third-order valence-electron chi connectivity index (χ3n) is 1.79. The second-order valence-electron chi connectivity index (χ2n) is 2.74. The van der Waals surface area contributed by atoms with E-state index in [9.17, 15) is 0 Å². The molecule has 2 heterocycles. The highest BCUT2D eigenvalue weighted by Crippen LogP contribution is 2.16. The number of rotatable bonds is 1. The molecular weight excluding hydrogens is 152 g/mol. The molecule has 0 amide bonds. The topological polar surface area (TPSA) is 37.9 Å². The maximum absolute atomic E-state index is 5.01. The molecule has 2 rings (SSSR count). The van der Waals surface area contributed by atoms with Crippen molar-refractivity contribution >= 4 is 11.0 Å². The maximum Gasteiger partial charge on any atom is 0.213 e. The Balaban J connectivity index is 2.66. The summed E-state index contributed by atoms with van der Waals surface area (Å²) in [6.45, 7) is 2.01. The van der Waals surface area contributed by atoms with Gasteiger partial charge in [0, 0.05) is 11.8 Å². The Labute approximate surface area is 70.4 Å². The Morgan fingerprint density at radius 2 is 2.25 bits per heavy atom. The smallest absolute Gasteiger partial charge is 0.213 e. The molecule has 0 aliphatic heterocycles. The number of fused-ring (bicyclic) bond motifs is 1. The molecule has 12 heavy (non-hydrogen) atoms. The Bertz CT molecular complexity index is 406. The number of methoxy groups -OCH3 is 1. The van der Waals surface area contributed by atoms with Gasteiger partial charge in [-0.2, -0.15) is 0 Å². The Morgan fingerprint density at radius 1 is 1.42 bits per heavy atom. The summed E-state index contributed by atoms with van der Waals surface area (Å²) in [5.74, 6) is 0.654. The molecule has 3 heteroatoms. The van der Waals surface area contributed by atoms with Crippen molar-refractivity contribution in [3.05, 3.63) is 23.9 Å². The van der Waals surface area contributed by atoms with Gasteiger partial charge in [-0.3, -0.25) is 0 Å². The second kappa shape index (κ2) is 2.52. The lowest BCUT2D eigenvalue weighted by Gasteiger charge is -1.96. The van der Waals surface area contributed by atoms with E-state index >= 15 is 0 Å². The molecule has 0 unspecified atom stereocenters. The van der Waals surface area contributed by atoms with E-state index in [0.29, 0.717) is 5.88 Å². The molecule has 1 N–H and O–H groups in total. The minimum atomic E-state index is 0.654. The van der Waals surface area contributed by atoms with Crippen molar-refractivity contribution in [2.75, 3.05) is 7.11 Å². The van der Waals surface area contributed by atoms with Crippen molar-refractivity contribution in [2.24, 2.45) is 0 Å². The first-order chi connectivity index (χ1) is 5.79. The first-order valence-electron chi connectivity index (χ1n) is 3.80. The summed E-state index contributed by atoms with van der Waals surface area (Å²) in [5, 5.41) is 0. The fraction of sp³-hybridized carbons (Fsp3) is 0.222. The monoisotopic (exact) mass is 162 g/mol. The molecule has 0 saturated carbocycles. The normalized spacial score (nSPS) is 10.5. The molecule has 0 spiro atoms. The molecular formula is C9H10N2O. The lowest BCUT2D eigenvalue weighted by Crippen LogP contribution is -1.85. The predicted octanol–water partition coefficient (Wildman–Crippen LogP) is 1.88. The number of nitrogens with one attached hydrogen (secondary N) is 1. The largest absolute Gasteiger partial charge is 0.481 e. The maximum atomic E-state index is 5.01. The molecule has 0 bridgehead atoms. The quantitative estimate of drug-likeness (QED) is 0.695. The third-order valence-corrected chi connectivity index (χ3v) is 1.79. The second-order valence-corrected chi connectivity index (χ2v) is 2.74. The number of nitrogens with zero attached hydrogens (tertiary/aromatic N) is 1. The summed E-state index contributed by atoms with van der Waals surface area (Å²) in [5.41, 5.74) is 3.12. The van der Waals surface area contributed by atoms with Crippen LogP contribution in [0.4, 0.5) is 0 Å². The van der Waals surface area contributed by atoms with Gasteiger partial charge >= 0.3 is 0 Å². The molecule has 0 radical (unpaired) electrons. The number of aryl methyl sites for hydroxylation is 1. The van der Waals surface area contributed by atoms with Gasteiger partial charge in [-0.15, -0.1) is 0 Å². The number of pyridine rings is 1. The Morgan fingerprint density at radius 3 is 3.00 bits per heavy atom. The Hall–Kier alpha value is -1.51. The zero-order chi connectivity index (χ0) is 8.55. The summed E-state index contributed by atoms with van der Waals surface area (Å²) in [7, 11) is 1.62. The number of H-pyrrole nitrogens is 1. The fourth-order valence-electron chi connectivity index (χ4n) is 1.24. The van der Waals surface area contributed by atoms with Crippen LogP contribution in [0.5, 0.6) is 5.88 Å². The molecule has 0 fully saturated rings. The molecule has 0 aliphatic rings. The van der Waals surface area contributed by atoms with Gasteiger partial charge in [0.1, 0.15) is 0 Å². The fourth-order valence-corrected chi connectivity index (χ4v) is 1.24. The van der Waals surface area contributed by atoms with Crippen LogP contribution in [0, 0.1) is 6.92 Å². The van der Waals surface area contributed by atoms with E-state index in [1.54, 1.807) is 7.11 Å². The summed E-state index contributed by atoms with van der Waals surface area (Å²) >= 11 is 0. The standard InChI is InChI=1S/C9H10N2O/c1-6-5-8-7(10-6)3-4-9(11-8)12-2/h3-5,10H,1-2H3. The van der Waals surface area contributed by atoms with E-state index in [1.165, 1.54) is 0 Å². The minimum absolute atomic E-state index is 0.654. The van der Waals surface area contributed by atoms with E-state index in [-0.39, 0.29) is 0 Å². The van der Waals surface area contributed by atoms with Crippen molar-refractivity contribution in [2.45, 2.75) is 6.92 Å². The van der Waals surface area contributed by atoms with Gasteiger partial charge in [-0.05, 0) is 19.1 Å². The molecule has 0 saturated heterocycles. The number of aromatic nitrogens is 2. The number of aromatic amines is 1. The van der Waals surface area contributed by atoms with E-state index in [2.05, 4.69) is 9.97 Å². The highest BCUT2D eigenvalue weighted by atomic mass is 16.5. The van der Waals surface area contributed by atoms with Crippen molar-refractivity contribution in [3.8, 4) is 5.88 Å². The van der Waals surface area contributed by atoms with Crippen LogP contribution in [0.3, 0.4) is 0 Å². The van der Waals surface area contributed by atoms with Crippen LogP contribution in [0.25, 0.3) is 11.0 Å². The van der Waals surface area contributed by atoms with Crippen LogP contribution in [0.1, 0.15) is 5.69 Å². The van der Waals surface area contributed by atoms with Crippen molar-refractivity contribution in [1.82, 2.24) is 9.97 Å². The lowest BCUT2D eigenvalue weighted by molar-refractivity contribution is 0.399. The van der Waals surface area contributed by atoms with Crippen LogP contribution < -0.4 is 4.74 Å². The highest BCUT2D eigenvalue weighted by Gasteiger charge is 1.99. The van der Waals surface area contributed by atoms with Gasteiger partial charge in [0.25, 0.3) is 0 Å². The number of ether oxygens (including phenoxy) is 1. The van der Waals surface area contributed by atoms with Crippen LogP contribution in [-0.2, 0) is 0 Å². The molecule has 2 aromatic heterocycles. The summed E-state index contributed by atoms with van der Waals surface area (Å²) in [6, 6.07) is 5.81. The SMILES string of the molecule is COc1ccc2[nH]c(C)cc2n1. The molecule has 0 aliphatic carbocycles. The first kappa shape index (κ1) is 7.16. The van der Waals surface area contributed by atoms with E-state index in [4.69, 9.17) is 4.74 Å². The zero-order valence-corrected chi connectivity index (χ0v) is 7.09. The van der Waals surface area contributed by atoms with Crippen LogP contribution in [0.15, 0.2) is 18.2 Å². The van der Waals surface area contributed by atoms with Gasteiger partial charge in [-0.1, -0.05) is 0 Å². The molecule has 0 aromatic carbocycles. The van der Waals surface area contributed by atoms with E-state index < -0.39 is 0 Å². The first-order valence-corrected chi connectivity index (χ1v) is 3.80. The average Bonchev–Trinajstić information content (AvgIpc) is 2.43. The average molecular weight is 162 g/mol. The van der Waals surface area contributed by atoms with Crippen LogP contribution in [0.2, 0.25) is 0 Å². The predicted molar refractivity (Wildman–Crippen MR) is 47.4 cm³/mol. The summed E-state index contributed by atoms with van der Waals surface area (Å²) in [4.78, 5) is 7.45. The van der Waals surface area contributed by atoms with Gasteiger partial charge in [0.05, 0.1) is 18.1 Å². The van der Waals surface area contributed by atoms with Crippen LogP contribution >= 0.6 is 0 Å². The minimum Gasteiger partial charge on any atom is -0.481 e. The molecule has 2 aromatic rings. The lowest BCUT2D eigenvalue weighted by atomic mass is 10.4. The van der Waals surface area contributed by atoms with Gasteiger partial charge < -0.3 is 9.72 Å². The van der Waals surface area contributed by atoms with Crippen molar-refractivity contribution < 1.29 is 4.74 Å². The van der Waals surface area contributed by atoms with Gasteiger partial charge in [0.2, 0.25) is 5.88 Å². The van der Waals surface area contributed by atoms with Gasteiger partial charge in [-0.25, -0.2) is 4.98 Å². The van der Waals surface area contributed by atoms with E-state index in [1.807, 2.05) is 25.1 Å². The third kappa shape index (κ3) is 1.03.